The minimum atomic E-state index is -0.767. The molecular weight excluding hydrogens is 224 g/mol. The molecule has 0 radical (unpaired) electrons. The molecule has 0 fully saturated rings. The van der Waals surface area contributed by atoms with Crippen LogP contribution in [0.5, 0.6) is 5.75 Å². The van der Waals surface area contributed by atoms with Gasteiger partial charge in [0.25, 0.3) is 0 Å². The van der Waals surface area contributed by atoms with Crippen LogP contribution >= 0.6 is 0 Å². The zero-order valence-corrected chi connectivity index (χ0v) is 8.84. The second kappa shape index (κ2) is 5.63. The molecule has 1 aromatic carbocycles. The predicted molar refractivity (Wildman–Crippen MR) is 60.7 cm³/mol. The smallest absolute Gasteiger partial charge is 0.312 e. The van der Waals surface area contributed by atoms with Crippen LogP contribution in [-0.4, -0.2) is 22.9 Å². The maximum Gasteiger partial charge on any atom is 0.312 e. The molecule has 6 heteroatoms. The third-order valence-electron chi connectivity index (χ3n) is 1.95. The number of benzene rings is 1. The van der Waals surface area contributed by atoms with Gasteiger partial charge in [0.1, 0.15) is 0 Å². The molecule has 0 aromatic heterocycles. The van der Waals surface area contributed by atoms with E-state index >= 15 is 0 Å². The van der Waals surface area contributed by atoms with E-state index in [-0.39, 0.29) is 5.56 Å². The molecule has 6 nitrogen and oxygen atoms in total. The Hall–Kier alpha value is -2.39. The number of nitrogens with zero attached hydrogens (tertiary/aromatic N) is 1. The van der Waals surface area contributed by atoms with Gasteiger partial charge < -0.3 is 10.8 Å². The first-order valence-corrected chi connectivity index (χ1v) is 4.75. The van der Waals surface area contributed by atoms with Crippen molar-refractivity contribution in [3.63, 3.8) is 0 Å². The molecule has 0 amide bonds. The second-order valence-corrected chi connectivity index (χ2v) is 3.15. The molecule has 0 saturated heterocycles. The van der Waals surface area contributed by atoms with E-state index in [0.717, 1.165) is 6.07 Å². The number of hydrogen-bond donors (Lipinski definition) is 2. The van der Waals surface area contributed by atoms with E-state index in [1.165, 1.54) is 6.07 Å². The van der Waals surface area contributed by atoms with Gasteiger partial charge in [0.05, 0.1) is 10.5 Å². The van der Waals surface area contributed by atoms with E-state index in [2.05, 4.69) is 11.8 Å². The fourth-order valence-corrected chi connectivity index (χ4v) is 1.18. The Kier molecular flexibility index (Phi) is 4.20. The molecular formula is C11H10N2O4. The first kappa shape index (κ1) is 12.7. The first-order chi connectivity index (χ1) is 8.10. The monoisotopic (exact) mass is 234 g/mol. The van der Waals surface area contributed by atoms with Gasteiger partial charge in [-0.05, 0) is 6.07 Å². The van der Waals surface area contributed by atoms with Gasteiger partial charge in [-0.25, -0.2) is 0 Å². The summed E-state index contributed by atoms with van der Waals surface area (Å²) in [5, 5.41) is 20.0. The number of carbonyl (C=O) groups excluding carboxylic acids is 1. The van der Waals surface area contributed by atoms with Gasteiger partial charge in [-0.1, -0.05) is 11.8 Å². The number of aromatic hydroxyl groups is 1. The summed E-state index contributed by atoms with van der Waals surface area (Å²) >= 11 is 0. The van der Waals surface area contributed by atoms with Crippen molar-refractivity contribution >= 4 is 12.0 Å². The van der Waals surface area contributed by atoms with Gasteiger partial charge in [-0.15, -0.1) is 0 Å². The Morgan fingerprint density at radius 2 is 2.24 bits per heavy atom. The van der Waals surface area contributed by atoms with Crippen molar-refractivity contribution in [2.45, 2.75) is 6.42 Å². The Bertz CT molecular complexity index is 514. The number of nitrogens with two attached hydrogens (primary N) is 1. The zero-order valence-electron chi connectivity index (χ0n) is 8.84. The molecule has 3 N–H and O–H groups in total. The highest BCUT2D eigenvalue weighted by Crippen LogP contribution is 2.29. The van der Waals surface area contributed by atoms with Crippen LogP contribution < -0.4 is 5.73 Å². The molecule has 0 aliphatic carbocycles. The topological polar surface area (TPSA) is 106 Å². The second-order valence-electron chi connectivity index (χ2n) is 3.15. The number of phenolic OH excluding ortho intramolecular Hbond substituents is 1. The van der Waals surface area contributed by atoms with Gasteiger partial charge in [0.15, 0.2) is 6.29 Å². The molecule has 88 valence electrons. The minimum absolute atomic E-state index is 0.156. The summed E-state index contributed by atoms with van der Waals surface area (Å²) in [6.07, 6.45) is 0.793. The van der Waals surface area contributed by atoms with Gasteiger partial charge >= 0.3 is 5.69 Å². The van der Waals surface area contributed by atoms with Crippen LogP contribution in [0.1, 0.15) is 22.3 Å². The first-order valence-electron chi connectivity index (χ1n) is 4.75. The van der Waals surface area contributed by atoms with Crippen molar-refractivity contribution in [1.82, 2.24) is 0 Å². The van der Waals surface area contributed by atoms with E-state index < -0.39 is 16.4 Å². The Balaban J connectivity index is 3.26. The Labute approximate surface area is 97.2 Å². The summed E-state index contributed by atoms with van der Waals surface area (Å²) in [5.41, 5.74) is 4.85. The van der Waals surface area contributed by atoms with Crippen molar-refractivity contribution in [2.24, 2.45) is 5.73 Å². The van der Waals surface area contributed by atoms with Crippen LogP contribution in [0.4, 0.5) is 5.69 Å². The molecule has 0 aliphatic heterocycles. The van der Waals surface area contributed by atoms with Crippen molar-refractivity contribution < 1.29 is 14.8 Å². The van der Waals surface area contributed by atoms with Crippen LogP contribution in [0.15, 0.2) is 12.1 Å². The van der Waals surface area contributed by atoms with Gasteiger partial charge in [-0.3, -0.25) is 14.9 Å². The molecule has 0 atom stereocenters. The van der Waals surface area contributed by atoms with E-state index in [1.54, 1.807) is 0 Å². The molecule has 0 aliphatic rings. The number of phenols is 1. The lowest BCUT2D eigenvalue weighted by Gasteiger charge is -2.00. The highest BCUT2D eigenvalue weighted by molar-refractivity contribution is 5.83. The standard InChI is InChI=1S/C11H10N2O4/c12-4-2-1-3-8-5-9(7-14)11(15)10(6-8)13(16)17/h5-7,15H,2,4,12H2. The summed E-state index contributed by atoms with van der Waals surface area (Å²) in [5.74, 6) is 4.69. The fourth-order valence-electron chi connectivity index (χ4n) is 1.18. The number of aldehydes is 1. The number of hydrogen-bond acceptors (Lipinski definition) is 5. The lowest BCUT2D eigenvalue weighted by atomic mass is 10.1. The Morgan fingerprint density at radius 1 is 1.53 bits per heavy atom. The van der Waals surface area contributed by atoms with Crippen molar-refractivity contribution in [2.75, 3.05) is 6.54 Å². The molecule has 0 bridgehead atoms. The number of rotatable bonds is 3. The minimum Gasteiger partial charge on any atom is -0.502 e. The van der Waals surface area contributed by atoms with Gasteiger partial charge in [0.2, 0.25) is 5.75 Å². The number of nitro groups is 1. The van der Waals surface area contributed by atoms with Crippen molar-refractivity contribution in [1.29, 1.82) is 0 Å². The summed E-state index contributed by atoms with van der Waals surface area (Å²) in [6.45, 7) is 0.383. The molecule has 0 heterocycles. The van der Waals surface area contributed by atoms with Gasteiger partial charge in [0, 0.05) is 24.6 Å². The molecule has 1 aromatic rings. The van der Waals surface area contributed by atoms with E-state index in [0.29, 0.717) is 24.8 Å². The average Bonchev–Trinajstić information content (AvgIpc) is 2.30. The molecule has 0 spiro atoms. The largest absolute Gasteiger partial charge is 0.502 e. The summed E-state index contributed by atoms with van der Waals surface area (Å²) in [7, 11) is 0. The van der Waals surface area contributed by atoms with Gasteiger partial charge in [-0.2, -0.15) is 0 Å². The lowest BCUT2D eigenvalue weighted by molar-refractivity contribution is -0.385. The lowest BCUT2D eigenvalue weighted by Crippen LogP contribution is -1.96. The highest BCUT2D eigenvalue weighted by Gasteiger charge is 2.18. The molecule has 0 saturated carbocycles. The van der Waals surface area contributed by atoms with E-state index in [4.69, 9.17) is 5.73 Å². The van der Waals surface area contributed by atoms with E-state index in [1.807, 2.05) is 0 Å². The fraction of sp³-hybridized carbons (Fsp3) is 0.182. The number of carbonyl (C=O) groups is 1. The molecule has 0 unspecified atom stereocenters. The summed E-state index contributed by atoms with van der Waals surface area (Å²) in [6, 6.07) is 2.41. The van der Waals surface area contributed by atoms with Crippen LogP contribution in [0, 0.1) is 22.0 Å². The quantitative estimate of drug-likeness (QED) is 0.348. The average molecular weight is 234 g/mol. The van der Waals surface area contributed by atoms with Crippen molar-refractivity contribution in [3.8, 4) is 17.6 Å². The third kappa shape index (κ3) is 3.03. The van der Waals surface area contributed by atoms with Crippen LogP contribution in [0.3, 0.4) is 0 Å². The van der Waals surface area contributed by atoms with Crippen LogP contribution in [0.2, 0.25) is 0 Å². The Morgan fingerprint density at radius 3 is 2.76 bits per heavy atom. The summed E-state index contributed by atoms with van der Waals surface area (Å²) in [4.78, 5) is 20.5. The van der Waals surface area contributed by atoms with Crippen molar-refractivity contribution in [3.05, 3.63) is 33.4 Å². The third-order valence-corrected chi connectivity index (χ3v) is 1.95. The highest BCUT2D eigenvalue weighted by atomic mass is 16.6. The molecule has 17 heavy (non-hydrogen) atoms. The maximum absolute atomic E-state index is 10.6. The predicted octanol–water partition coefficient (Wildman–Crippen LogP) is 0.813. The van der Waals surface area contributed by atoms with E-state index in [9.17, 15) is 20.0 Å². The zero-order chi connectivity index (χ0) is 12.8. The van der Waals surface area contributed by atoms with Crippen LogP contribution in [0.25, 0.3) is 0 Å². The SMILES string of the molecule is NCCC#Cc1cc(C=O)c(O)c([N+](=O)[O-])c1. The maximum atomic E-state index is 10.6. The summed E-state index contributed by atoms with van der Waals surface area (Å²) < 4.78 is 0. The number of nitro benzene ring substituents is 1. The molecule has 1 rings (SSSR count). The van der Waals surface area contributed by atoms with Crippen LogP contribution in [-0.2, 0) is 0 Å². The normalized spacial score (nSPS) is 9.24.